The number of aliphatic hydroxyl groups excluding tert-OH is 3. The fraction of sp³-hybridized carbons (Fsp3) is 0.409. The standard InChI is InChI=1S/C22H30N2O5/c1-15(7-8-16-5-3-2-4-6-16)24-12-20(27)17-9-10-21(19(11-17)22(23)28)29-14-18(26)13-25/h2-6,9-11,15,18,20,24-27H,7-8,12-14H2,1H3,(H2,23,28). The highest BCUT2D eigenvalue weighted by Crippen LogP contribution is 2.23. The molecule has 7 nitrogen and oxygen atoms in total. The quantitative estimate of drug-likeness (QED) is 0.363. The van der Waals surface area contributed by atoms with Crippen LogP contribution in [0.25, 0.3) is 0 Å². The fourth-order valence-electron chi connectivity index (χ4n) is 2.87. The molecule has 2 rings (SSSR count). The number of ether oxygens (including phenoxy) is 1. The van der Waals surface area contributed by atoms with Crippen LogP contribution < -0.4 is 15.8 Å². The number of nitrogens with one attached hydrogen (secondary N) is 1. The van der Waals surface area contributed by atoms with Gasteiger partial charge in [-0.25, -0.2) is 0 Å². The monoisotopic (exact) mass is 402 g/mol. The van der Waals surface area contributed by atoms with E-state index in [9.17, 15) is 15.0 Å². The molecular weight excluding hydrogens is 372 g/mol. The Hall–Kier alpha value is -2.45. The van der Waals surface area contributed by atoms with Crippen LogP contribution in [0.4, 0.5) is 0 Å². The lowest BCUT2D eigenvalue weighted by Gasteiger charge is -2.19. The normalized spacial score (nSPS) is 14.2. The molecule has 0 aliphatic rings. The van der Waals surface area contributed by atoms with E-state index in [1.165, 1.54) is 17.7 Å². The van der Waals surface area contributed by atoms with Crippen LogP contribution in [0.15, 0.2) is 48.5 Å². The van der Waals surface area contributed by atoms with Gasteiger partial charge in [-0.15, -0.1) is 0 Å². The Morgan fingerprint density at radius 2 is 1.90 bits per heavy atom. The van der Waals surface area contributed by atoms with Gasteiger partial charge in [-0.05, 0) is 43.0 Å². The molecule has 0 aliphatic carbocycles. The molecule has 2 aromatic carbocycles. The molecule has 0 heterocycles. The van der Waals surface area contributed by atoms with Crippen molar-refractivity contribution in [1.29, 1.82) is 0 Å². The molecule has 0 saturated carbocycles. The number of benzene rings is 2. The highest BCUT2D eigenvalue weighted by molar-refractivity contribution is 5.95. The van der Waals surface area contributed by atoms with E-state index in [0.717, 1.165) is 12.8 Å². The highest BCUT2D eigenvalue weighted by atomic mass is 16.5. The van der Waals surface area contributed by atoms with Crippen LogP contribution in [0.5, 0.6) is 5.75 Å². The van der Waals surface area contributed by atoms with Crippen molar-refractivity contribution in [3.63, 3.8) is 0 Å². The van der Waals surface area contributed by atoms with E-state index in [1.54, 1.807) is 6.07 Å². The zero-order valence-electron chi connectivity index (χ0n) is 16.6. The third-order valence-electron chi connectivity index (χ3n) is 4.66. The smallest absolute Gasteiger partial charge is 0.252 e. The second-order valence-electron chi connectivity index (χ2n) is 7.12. The third kappa shape index (κ3) is 7.47. The van der Waals surface area contributed by atoms with Gasteiger partial charge in [0.15, 0.2) is 0 Å². The summed E-state index contributed by atoms with van der Waals surface area (Å²) in [5.74, 6) is -0.498. The fourth-order valence-corrected chi connectivity index (χ4v) is 2.87. The molecule has 0 aromatic heterocycles. The van der Waals surface area contributed by atoms with E-state index >= 15 is 0 Å². The number of hydrogen-bond donors (Lipinski definition) is 5. The van der Waals surface area contributed by atoms with E-state index in [1.807, 2.05) is 18.2 Å². The molecule has 0 radical (unpaired) electrons. The Bertz CT molecular complexity index is 769. The van der Waals surface area contributed by atoms with Crippen LogP contribution in [-0.4, -0.2) is 53.1 Å². The minimum absolute atomic E-state index is 0.115. The second kappa shape index (κ2) is 11.5. The van der Waals surface area contributed by atoms with Gasteiger partial charge in [-0.1, -0.05) is 36.4 Å². The Balaban J connectivity index is 1.91. The topological polar surface area (TPSA) is 125 Å². The van der Waals surface area contributed by atoms with Crippen LogP contribution in [0, 0.1) is 0 Å². The second-order valence-corrected chi connectivity index (χ2v) is 7.12. The Morgan fingerprint density at radius 1 is 1.17 bits per heavy atom. The van der Waals surface area contributed by atoms with Crippen molar-refractivity contribution < 1.29 is 24.9 Å². The zero-order valence-corrected chi connectivity index (χ0v) is 16.6. The Labute approximate surface area is 171 Å². The number of primary amides is 1. The number of carbonyl (C=O) groups is 1. The lowest BCUT2D eigenvalue weighted by molar-refractivity contribution is 0.0531. The molecule has 3 unspecified atom stereocenters. The van der Waals surface area contributed by atoms with Crippen LogP contribution in [-0.2, 0) is 6.42 Å². The molecule has 7 heteroatoms. The first kappa shape index (κ1) is 22.8. The maximum absolute atomic E-state index is 11.7. The van der Waals surface area contributed by atoms with Crippen molar-refractivity contribution in [2.75, 3.05) is 19.8 Å². The average molecular weight is 402 g/mol. The number of aliphatic hydroxyl groups is 3. The third-order valence-corrected chi connectivity index (χ3v) is 4.66. The average Bonchev–Trinajstić information content (AvgIpc) is 2.74. The molecule has 0 spiro atoms. The van der Waals surface area contributed by atoms with Crippen LogP contribution >= 0.6 is 0 Å². The predicted molar refractivity (Wildman–Crippen MR) is 111 cm³/mol. The lowest BCUT2D eigenvalue weighted by Crippen LogP contribution is -2.31. The first-order valence-corrected chi connectivity index (χ1v) is 9.71. The molecular formula is C22H30N2O5. The zero-order chi connectivity index (χ0) is 21.2. The molecule has 3 atom stereocenters. The summed E-state index contributed by atoms with van der Waals surface area (Å²) >= 11 is 0. The van der Waals surface area contributed by atoms with Crippen molar-refractivity contribution in [2.24, 2.45) is 5.73 Å². The van der Waals surface area contributed by atoms with Crippen LogP contribution in [0.3, 0.4) is 0 Å². The number of carbonyl (C=O) groups excluding carboxylic acids is 1. The summed E-state index contributed by atoms with van der Waals surface area (Å²) in [6.07, 6.45) is 0.0122. The van der Waals surface area contributed by atoms with Crippen molar-refractivity contribution >= 4 is 5.91 Å². The van der Waals surface area contributed by atoms with Gasteiger partial charge in [0.2, 0.25) is 0 Å². The van der Waals surface area contributed by atoms with Crippen molar-refractivity contribution in [1.82, 2.24) is 5.32 Å². The summed E-state index contributed by atoms with van der Waals surface area (Å²) in [6.45, 7) is 1.78. The highest BCUT2D eigenvalue weighted by Gasteiger charge is 2.16. The van der Waals surface area contributed by atoms with Crippen LogP contribution in [0.2, 0.25) is 0 Å². The first-order valence-electron chi connectivity index (χ1n) is 9.71. The summed E-state index contributed by atoms with van der Waals surface area (Å²) in [6, 6.07) is 15.1. The molecule has 0 saturated heterocycles. The number of hydrogen-bond acceptors (Lipinski definition) is 6. The Kier molecular flexibility index (Phi) is 9.08. The van der Waals surface area contributed by atoms with E-state index in [2.05, 4.69) is 24.4 Å². The summed E-state index contributed by atoms with van der Waals surface area (Å²) in [5, 5.41) is 32.0. The number of rotatable bonds is 12. The van der Waals surface area contributed by atoms with Gasteiger partial charge in [0.25, 0.3) is 5.91 Å². The predicted octanol–water partition coefficient (Wildman–Crippen LogP) is 1.16. The largest absolute Gasteiger partial charge is 0.490 e. The van der Waals surface area contributed by atoms with E-state index < -0.39 is 24.7 Å². The SMILES string of the molecule is CC(CCc1ccccc1)NCC(O)c1ccc(OCC(O)CO)c(C(N)=O)c1. The molecule has 6 N–H and O–H groups in total. The Morgan fingerprint density at radius 3 is 2.55 bits per heavy atom. The maximum Gasteiger partial charge on any atom is 0.252 e. The number of nitrogens with two attached hydrogens (primary N) is 1. The van der Waals surface area contributed by atoms with E-state index in [-0.39, 0.29) is 24.0 Å². The van der Waals surface area contributed by atoms with Crippen molar-refractivity contribution in [3.05, 3.63) is 65.2 Å². The summed E-state index contributed by atoms with van der Waals surface area (Å²) in [4.78, 5) is 11.7. The molecule has 1 amide bonds. The van der Waals surface area contributed by atoms with Gasteiger partial charge in [-0.2, -0.15) is 0 Å². The van der Waals surface area contributed by atoms with Crippen LogP contribution in [0.1, 0.15) is 40.9 Å². The summed E-state index contributed by atoms with van der Waals surface area (Å²) in [7, 11) is 0. The van der Waals surface area contributed by atoms with E-state index in [0.29, 0.717) is 12.1 Å². The van der Waals surface area contributed by atoms with Gasteiger partial charge in [0.1, 0.15) is 18.5 Å². The molecule has 29 heavy (non-hydrogen) atoms. The number of aryl methyl sites for hydroxylation is 1. The van der Waals surface area contributed by atoms with Gasteiger partial charge < -0.3 is 31.1 Å². The molecule has 0 aliphatic heterocycles. The minimum atomic E-state index is -1.05. The number of amides is 1. The molecule has 0 bridgehead atoms. The lowest BCUT2D eigenvalue weighted by atomic mass is 10.0. The first-order chi connectivity index (χ1) is 13.9. The van der Waals surface area contributed by atoms with Crippen molar-refractivity contribution in [2.45, 2.75) is 38.0 Å². The minimum Gasteiger partial charge on any atom is -0.490 e. The van der Waals surface area contributed by atoms with Gasteiger partial charge >= 0.3 is 0 Å². The van der Waals surface area contributed by atoms with Gasteiger partial charge in [-0.3, -0.25) is 4.79 Å². The van der Waals surface area contributed by atoms with Gasteiger partial charge in [0, 0.05) is 12.6 Å². The van der Waals surface area contributed by atoms with E-state index in [4.69, 9.17) is 15.6 Å². The molecule has 2 aromatic rings. The summed E-state index contributed by atoms with van der Waals surface area (Å²) < 4.78 is 5.35. The maximum atomic E-state index is 11.7. The van der Waals surface area contributed by atoms with Gasteiger partial charge in [0.05, 0.1) is 18.3 Å². The molecule has 158 valence electrons. The summed E-state index contributed by atoms with van der Waals surface area (Å²) in [5.41, 5.74) is 7.34. The molecule has 0 fully saturated rings. The van der Waals surface area contributed by atoms with Crippen molar-refractivity contribution in [3.8, 4) is 5.75 Å².